The van der Waals surface area contributed by atoms with Crippen molar-refractivity contribution in [3.63, 3.8) is 0 Å². The van der Waals surface area contributed by atoms with Crippen LogP contribution >= 0.6 is 11.3 Å². The molecule has 2 rings (SSSR count). The third kappa shape index (κ3) is 2.57. The molecule has 1 aliphatic carbocycles. The summed E-state index contributed by atoms with van der Waals surface area (Å²) in [6, 6.07) is 0. The molecule has 1 aromatic rings. The number of anilines is 1. The van der Waals surface area contributed by atoms with Gasteiger partial charge in [0.05, 0.1) is 11.1 Å². The summed E-state index contributed by atoms with van der Waals surface area (Å²) in [7, 11) is 0. The first-order valence-electron chi connectivity index (χ1n) is 6.53. The third-order valence-electron chi connectivity index (χ3n) is 3.93. The summed E-state index contributed by atoms with van der Waals surface area (Å²) in [4.78, 5) is 17.9. The minimum absolute atomic E-state index is 0.0541. The quantitative estimate of drug-likeness (QED) is 0.884. The first-order valence-corrected chi connectivity index (χ1v) is 7.34. The molecule has 0 radical (unpaired) electrons. The van der Waals surface area contributed by atoms with Crippen LogP contribution in [0.5, 0.6) is 0 Å². The van der Waals surface area contributed by atoms with Gasteiger partial charge in [0.2, 0.25) is 5.91 Å². The molecule has 1 heterocycles. The van der Waals surface area contributed by atoms with Crippen molar-refractivity contribution < 1.29 is 4.79 Å². The first-order chi connectivity index (χ1) is 8.57. The van der Waals surface area contributed by atoms with E-state index in [-0.39, 0.29) is 11.3 Å². The molecule has 5 heteroatoms. The molecule has 0 saturated heterocycles. The van der Waals surface area contributed by atoms with Crippen LogP contribution in [0.15, 0.2) is 0 Å². The monoisotopic (exact) mass is 267 g/mol. The lowest BCUT2D eigenvalue weighted by Gasteiger charge is -2.34. The van der Waals surface area contributed by atoms with Crippen LogP contribution in [0.4, 0.5) is 5.13 Å². The van der Waals surface area contributed by atoms with Crippen molar-refractivity contribution in [3.05, 3.63) is 10.6 Å². The van der Waals surface area contributed by atoms with Crippen molar-refractivity contribution in [1.82, 2.24) is 4.98 Å². The van der Waals surface area contributed by atoms with E-state index < -0.39 is 0 Å². The number of nitrogens with one attached hydrogen (secondary N) is 1. The number of amides is 1. The van der Waals surface area contributed by atoms with Gasteiger partial charge in [-0.25, -0.2) is 4.98 Å². The molecule has 1 aliphatic rings. The Kier molecular flexibility index (Phi) is 4.02. The van der Waals surface area contributed by atoms with Crippen molar-refractivity contribution in [2.24, 2.45) is 11.1 Å². The summed E-state index contributed by atoms with van der Waals surface area (Å²) >= 11 is 1.53. The fourth-order valence-corrected chi connectivity index (χ4v) is 3.32. The number of carbonyl (C=O) groups excluding carboxylic acids is 1. The van der Waals surface area contributed by atoms with Gasteiger partial charge in [-0.05, 0) is 26.7 Å². The molecule has 1 fully saturated rings. The zero-order chi connectivity index (χ0) is 13.2. The summed E-state index contributed by atoms with van der Waals surface area (Å²) in [6.45, 7) is 4.41. The Bertz CT molecular complexity index is 416. The van der Waals surface area contributed by atoms with Gasteiger partial charge in [-0.3, -0.25) is 4.79 Å². The summed E-state index contributed by atoms with van der Waals surface area (Å²) in [5.74, 6) is 0.0541. The van der Waals surface area contributed by atoms with Gasteiger partial charge in [-0.15, -0.1) is 11.3 Å². The second kappa shape index (κ2) is 5.36. The van der Waals surface area contributed by atoms with Crippen molar-refractivity contribution in [3.8, 4) is 0 Å². The molecule has 0 atom stereocenters. The van der Waals surface area contributed by atoms with Crippen LogP contribution in [-0.4, -0.2) is 17.4 Å². The van der Waals surface area contributed by atoms with E-state index >= 15 is 0 Å². The van der Waals surface area contributed by atoms with E-state index in [4.69, 9.17) is 5.73 Å². The van der Waals surface area contributed by atoms with Gasteiger partial charge in [0.25, 0.3) is 0 Å². The van der Waals surface area contributed by atoms with Crippen molar-refractivity contribution in [1.29, 1.82) is 0 Å². The molecule has 0 spiro atoms. The molecule has 0 aliphatic heterocycles. The van der Waals surface area contributed by atoms with E-state index in [1.807, 2.05) is 13.8 Å². The highest BCUT2D eigenvalue weighted by Gasteiger charge is 2.38. The maximum atomic E-state index is 12.4. The number of rotatable bonds is 3. The summed E-state index contributed by atoms with van der Waals surface area (Å²) in [5, 5.41) is 3.66. The van der Waals surface area contributed by atoms with Gasteiger partial charge in [0.1, 0.15) is 0 Å². The van der Waals surface area contributed by atoms with Crippen LogP contribution in [0.3, 0.4) is 0 Å². The second-order valence-corrected chi connectivity index (χ2v) is 6.36. The number of nitrogens with two attached hydrogens (primary N) is 1. The zero-order valence-corrected chi connectivity index (χ0v) is 11.9. The Morgan fingerprint density at radius 1 is 1.39 bits per heavy atom. The number of aryl methyl sites for hydroxylation is 2. The fourth-order valence-electron chi connectivity index (χ4n) is 2.51. The van der Waals surface area contributed by atoms with E-state index in [1.165, 1.54) is 17.8 Å². The Morgan fingerprint density at radius 2 is 2.06 bits per heavy atom. The maximum absolute atomic E-state index is 12.4. The average molecular weight is 267 g/mol. The smallest absolute Gasteiger partial charge is 0.233 e. The van der Waals surface area contributed by atoms with Crippen LogP contribution in [0, 0.1) is 19.3 Å². The highest BCUT2D eigenvalue weighted by atomic mass is 32.1. The molecule has 3 N–H and O–H groups in total. The lowest BCUT2D eigenvalue weighted by molar-refractivity contribution is -0.126. The minimum atomic E-state index is -0.369. The molecule has 0 bridgehead atoms. The number of hydrogen-bond acceptors (Lipinski definition) is 4. The van der Waals surface area contributed by atoms with Gasteiger partial charge in [0.15, 0.2) is 5.13 Å². The summed E-state index contributed by atoms with van der Waals surface area (Å²) in [5.41, 5.74) is 6.47. The van der Waals surface area contributed by atoms with Crippen LogP contribution in [0.25, 0.3) is 0 Å². The van der Waals surface area contributed by atoms with Gasteiger partial charge in [0, 0.05) is 11.4 Å². The van der Waals surface area contributed by atoms with E-state index in [2.05, 4.69) is 10.3 Å². The standard InChI is InChI=1S/C13H21N3OS/c1-9-10(2)18-12(15-9)16-11(17)13(8-14)6-4-3-5-7-13/h3-8,14H2,1-2H3,(H,15,16,17). The molecule has 100 valence electrons. The molecule has 0 unspecified atom stereocenters. The zero-order valence-electron chi connectivity index (χ0n) is 11.1. The number of carbonyl (C=O) groups is 1. The topological polar surface area (TPSA) is 68.0 Å². The normalized spacial score (nSPS) is 18.6. The number of hydrogen-bond donors (Lipinski definition) is 2. The number of nitrogens with zero attached hydrogens (tertiary/aromatic N) is 1. The average Bonchev–Trinajstić information content (AvgIpc) is 2.69. The lowest BCUT2D eigenvalue weighted by Crippen LogP contribution is -2.43. The van der Waals surface area contributed by atoms with Crippen LogP contribution in [0.1, 0.15) is 42.7 Å². The molecule has 0 aromatic carbocycles. The van der Waals surface area contributed by atoms with E-state index in [0.29, 0.717) is 11.7 Å². The maximum Gasteiger partial charge on any atom is 0.233 e. The van der Waals surface area contributed by atoms with Gasteiger partial charge >= 0.3 is 0 Å². The SMILES string of the molecule is Cc1nc(NC(=O)C2(CN)CCCCC2)sc1C. The molecular formula is C13H21N3OS. The van der Waals surface area contributed by atoms with E-state index in [9.17, 15) is 4.79 Å². The largest absolute Gasteiger partial charge is 0.329 e. The Hall–Kier alpha value is -0.940. The molecular weight excluding hydrogens is 246 g/mol. The first kappa shape index (κ1) is 13.5. The molecule has 18 heavy (non-hydrogen) atoms. The summed E-state index contributed by atoms with van der Waals surface area (Å²) in [6.07, 6.45) is 5.21. The minimum Gasteiger partial charge on any atom is -0.329 e. The van der Waals surface area contributed by atoms with Gasteiger partial charge in [-0.1, -0.05) is 19.3 Å². The highest BCUT2D eigenvalue weighted by Crippen LogP contribution is 2.36. The number of aromatic nitrogens is 1. The Morgan fingerprint density at radius 3 is 2.56 bits per heavy atom. The molecule has 1 aromatic heterocycles. The predicted octanol–water partition coefficient (Wildman–Crippen LogP) is 2.61. The van der Waals surface area contributed by atoms with Crippen molar-refractivity contribution >= 4 is 22.4 Å². The van der Waals surface area contributed by atoms with Crippen LogP contribution in [0.2, 0.25) is 0 Å². The highest BCUT2D eigenvalue weighted by molar-refractivity contribution is 7.15. The lowest BCUT2D eigenvalue weighted by atomic mass is 9.73. The second-order valence-electron chi connectivity index (χ2n) is 5.16. The molecule has 4 nitrogen and oxygen atoms in total. The Labute approximate surface area is 112 Å². The summed E-state index contributed by atoms with van der Waals surface area (Å²) < 4.78 is 0. The van der Waals surface area contributed by atoms with Crippen LogP contribution in [-0.2, 0) is 4.79 Å². The van der Waals surface area contributed by atoms with Crippen molar-refractivity contribution in [2.75, 3.05) is 11.9 Å². The van der Waals surface area contributed by atoms with Crippen molar-refractivity contribution in [2.45, 2.75) is 46.0 Å². The fraction of sp³-hybridized carbons (Fsp3) is 0.692. The molecule has 1 saturated carbocycles. The van der Waals surface area contributed by atoms with E-state index in [1.54, 1.807) is 0 Å². The van der Waals surface area contributed by atoms with Gasteiger partial charge < -0.3 is 11.1 Å². The predicted molar refractivity (Wildman–Crippen MR) is 74.8 cm³/mol. The number of thiazole rings is 1. The van der Waals surface area contributed by atoms with Crippen LogP contribution < -0.4 is 11.1 Å². The van der Waals surface area contributed by atoms with Gasteiger partial charge in [-0.2, -0.15) is 0 Å². The molecule has 1 amide bonds. The van der Waals surface area contributed by atoms with E-state index in [0.717, 1.165) is 36.3 Å². The Balaban J connectivity index is 2.10. The third-order valence-corrected chi connectivity index (χ3v) is 4.92.